The molecule has 0 aromatic heterocycles. The van der Waals surface area contributed by atoms with Crippen molar-refractivity contribution in [2.75, 3.05) is 18.7 Å². The van der Waals surface area contributed by atoms with Gasteiger partial charge in [0, 0.05) is 24.7 Å². The van der Waals surface area contributed by atoms with E-state index in [1.54, 1.807) is 0 Å². The zero-order chi connectivity index (χ0) is 20.8. The third-order valence-electron chi connectivity index (χ3n) is 5.33. The van der Waals surface area contributed by atoms with Crippen molar-refractivity contribution in [3.8, 4) is 11.5 Å². The minimum atomic E-state index is 0. The number of nitrogens with zero attached hydrogens (tertiary/aromatic N) is 1. The monoisotopic (exact) mass is 536 g/mol. The molecule has 31 heavy (non-hydrogen) atoms. The third kappa shape index (κ3) is 6.25. The van der Waals surface area contributed by atoms with Gasteiger partial charge in [-0.1, -0.05) is 24.6 Å². The van der Waals surface area contributed by atoms with Gasteiger partial charge in [-0.3, -0.25) is 4.79 Å². The zero-order valence-electron chi connectivity index (χ0n) is 17.6. The average Bonchev–Trinajstić information content (AvgIpc) is 3.17. The Morgan fingerprint density at radius 2 is 1.90 bits per heavy atom. The lowest BCUT2D eigenvalue weighted by molar-refractivity contribution is -0.122. The summed E-state index contributed by atoms with van der Waals surface area (Å²) in [6, 6.07) is 13.8. The van der Waals surface area contributed by atoms with E-state index in [-0.39, 0.29) is 42.6 Å². The third-order valence-corrected chi connectivity index (χ3v) is 5.33. The van der Waals surface area contributed by atoms with Crippen LogP contribution in [0, 0.1) is 5.92 Å². The van der Waals surface area contributed by atoms with Crippen LogP contribution >= 0.6 is 24.0 Å². The van der Waals surface area contributed by atoms with Gasteiger partial charge in [0.2, 0.25) is 12.7 Å². The van der Waals surface area contributed by atoms with Gasteiger partial charge < -0.3 is 25.4 Å². The Hall–Kier alpha value is -2.49. The molecule has 0 bridgehead atoms. The van der Waals surface area contributed by atoms with Crippen molar-refractivity contribution in [2.45, 2.75) is 39.3 Å². The first-order valence-electron chi connectivity index (χ1n) is 10.5. The van der Waals surface area contributed by atoms with E-state index in [0.717, 1.165) is 60.1 Å². The first kappa shape index (κ1) is 23.2. The Morgan fingerprint density at radius 3 is 2.68 bits per heavy atom. The summed E-state index contributed by atoms with van der Waals surface area (Å²) in [6.45, 7) is 4.22. The molecule has 8 heteroatoms. The molecule has 2 aromatic carbocycles. The Morgan fingerprint density at radius 1 is 1.06 bits per heavy atom. The van der Waals surface area contributed by atoms with Gasteiger partial charge in [0.15, 0.2) is 17.5 Å². The summed E-state index contributed by atoms with van der Waals surface area (Å²) < 4.78 is 10.8. The van der Waals surface area contributed by atoms with Gasteiger partial charge >= 0.3 is 0 Å². The van der Waals surface area contributed by atoms with E-state index in [2.05, 4.69) is 20.9 Å². The van der Waals surface area contributed by atoms with Gasteiger partial charge in [-0.15, -0.1) is 24.0 Å². The van der Waals surface area contributed by atoms with E-state index in [1.165, 1.54) is 0 Å². The normalized spacial score (nSPS) is 14.9. The number of halogens is 1. The van der Waals surface area contributed by atoms with Crippen LogP contribution in [-0.4, -0.2) is 25.2 Å². The lowest BCUT2D eigenvalue weighted by Gasteiger charge is -2.24. The van der Waals surface area contributed by atoms with Crippen LogP contribution in [0.4, 0.5) is 5.69 Å². The summed E-state index contributed by atoms with van der Waals surface area (Å²) in [5.74, 6) is 2.59. The maximum absolute atomic E-state index is 12.2. The van der Waals surface area contributed by atoms with Gasteiger partial charge in [-0.25, -0.2) is 4.99 Å². The summed E-state index contributed by atoms with van der Waals surface area (Å²) in [6.07, 6.45) is 3.15. The number of rotatable bonds is 7. The minimum Gasteiger partial charge on any atom is -0.454 e. The number of hydrogen-bond donors (Lipinski definition) is 3. The molecular formula is C23H29IN4O3. The molecule has 1 heterocycles. The fourth-order valence-electron chi connectivity index (χ4n) is 3.41. The van der Waals surface area contributed by atoms with Gasteiger partial charge in [0.05, 0.1) is 6.54 Å². The van der Waals surface area contributed by atoms with Crippen molar-refractivity contribution in [3.05, 3.63) is 53.6 Å². The molecular weight excluding hydrogens is 507 g/mol. The topological polar surface area (TPSA) is 84.0 Å². The standard InChI is InChI=1S/C23H28N4O3.HI/c1-2-24-23(26-14-17-9-10-20-21(12-17)30-15-29-20)25-13-16-5-3-8-19(11-16)27-22(28)18-6-4-7-18;/h3,5,8-12,18H,2,4,6-7,13-15H2,1H3,(H,27,28)(H2,24,25,26);1H. The van der Waals surface area contributed by atoms with Crippen LogP contribution in [0.25, 0.3) is 0 Å². The molecule has 0 radical (unpaired) electrons. The van der Waals surface area contributed by atoms with Crippen LogP contribution in [0.3, 0.4) is 0 Å². The summed E-state index contributed by atoms with van der Waals surface area (Å²) in [5, 5.41) is 9.64. The van der Waals surface area contributed by atoms with Gasteiger partial charge in [-0.2, -0.15) is 0 Å². The van der Waals surface area contributed by atoms with Crippen molar-refractivity contribution in [1.82, 2.24) is 10.6 Å². The molecule has 1 aliphatic heterocycles. The number of ether oxygens (including phenoxy) is 2. The Kier molecular flexibility index (Phi) is 8.39. The Labute approximate surface area is 200 Å². The van der Waals surface area contributed by atoms with Crippen molar-refractivity contribution >= 4 is 41.5 Å². The second-order valence-electron chi connectivity index (χ2n) is 7.55. The molecule has 2 aliphatic rings. The van der Waals surface area contributed by atoms with Crippen LogP contribution in [0.1, 0.15) is 37.3 Å². The second kappa shape index (κ2) is 11.2. The molecule has 0 unspecified atom stereocenters. The first-order chi connectivity index (χ1) is 14.7. The van der Waals surface area contributed by atoms with E-state index in [0.29, 0.717) is 13.1 Å². The van der Waals surface area contributed by atoms with Crippen molar-refractivity contribution in [1.29, 1.82) is 0 Å². The van der Waals surface area contributed by atoms with Crippen LogP contribution in [0.15, 0.2) is 47.5 Å². The number of amides is 1. The average molecular weight is 536 g/mol. The Bertz CT molecular complexity index is 931. The smallest absolute Gasteiger partial charge is 0.231 e. The number of fused-ring (bicyclic) bond motifs is 1. The lowest BCUT2D eigenvalue weighted by atomic mass is 9.85. The summed E-state index contributed by atoms with van der Waals surface area (Å²) in [7, 11) is 0. The van der Waals surface area contributed by atoms with Crippen LogP contribution in [0.5, 0.6) is 11.5 Å². The molecule has 1 amide bonds. The quantitative estimate of drug-likeness (QED) is 0.283. The lowest BCUT2D eigenvalue weighted by Crippen LogP contribution is -2.36. The number of carbonyl (C=O) groups is 1. The molecule has 7 nitrogen and oxygen atoms in total. The number of carbonyl (C=O) groups excluding carboxylic acids is 1. The van der Waals surface area contributed by atoms with Crippen LogP contribution in [-0.2, 0) is 17.9 Å². The molecule has 0 atom stereocenters. The van der Waals surface area contributed by atoms with Gasteiger partial charge in [0.25, 0.3) is 0 Å². The highest BCUT2D eigenvalue weighted by molar-refractivity contribution is 14.0. The molecule has 2 aromatic rings. The Balaban J connectivity index is 0.00000272. The minimum absolute atomic E-state index is 0. The number of anilines is 1. The summed E-state index contributed by atoms with van der Waals surface area (Å²) in [5.41, 5.74) is 2.96. The number of aliphatic imine (C=N–C) groups is 1. The largest absolute Gasteiger partial charge is 0.454 e. The number of hydrogen-bond acceptors (Lipinski definition) is 4. The second-order valence-corrected chi connectivity index (χ2v) is 7.55. The highest BCUT2D eigenvalue weighted by atomic mass is 127. The molecule has 0 saturated heterocycles. The van der Waals surface area contributed by atoms with Gasteiger partial charge in [0.1, 0.15) is 0 Å². The van der Waals surface area contributed by atoms with Gasteiger partial charge in [-0.05, 0) is 55.2 Å². The van der Waals surface area contributed by atoms with Crippen molar-refractivity contribution < 1.29 is 14.3 Å². The molecule has 3 N–H and O–H groups in total. The fourth-order valence-corrected chi connectivity index (χ4v) is 3.41. The zero-order valence-corrected chi connectivity index (χ0v) is 20.0. The maximum atomic E-state index is 12.2. The predicted molar refractivity (Wildman–Crippen MR) is 132 cm³/mol. The molecule has 166 valence electrons. The molecule has 1 saturated carbocycles. The summed E-state index contributed by atoms with van der Waals surface area (Å²) in [4.78, 5) is 16.9. The van der Waals surface area contributed by atoms with Crippen LogP contribution in [0.2, 0.25) is 0 Å². The first-order valence-corrected chi connectivity index (χ1v) is 10.5. The van der Waals surface area contributed by atoms with Crippen LogP contribution < -0.4 is 25.4 Å². The van der Waals surface area contributed by atoms with Crippen molar-refractivity contribution in [3.63, 3.8) is 0 Å². The number of guanidine groups is 1. The van der Waals surface area contributed by atoms with E-state index >= 15 is 0 Å². The van der Waals surface area contributed by atoms with E-state index in [9.17, 15) is 4.79 Å². The van der Waals surface area contributed by atoms with E-state index in [1.807, 2.05) is 49.4 Å². The maximum Gasteiger partial charge on any atom is 0.231 e. The number of benzene rings is 2. The molecule has 1 aliphatic carbocycles. The van der Waals surface area contributed by atoms with E-state index in [4.69, 9.17) is 9.47 Å². The number of nitrogens with one attached hydrogen (secondary N) is 3. The molecule has 4 rings (SSSR count). The molecule has 1 fully saturated rings. The van der Waals surface area contributed by atoms with E-state index < -0.39 is 0 Å². The SMILES string of the molecule is CCNC(=NCc1cccc(NC(=O)C2CCC2)c1)NCc1ccc2c(c1)OCO2.I. The highest BCUT2D eigenvalue weighted by Crippen LogP contribution is 2.32. The fraction of sp³-hybridized carbons (Fsp3) is 0.391. The van der Waals surface area contributed by atoms with Crippen molar-refractivity contribution in [2.24, 2.45) is 10.9 Å². The highest BCUT2D eigenvalue weighted by Gasteiger charge is 2.25. The molecule has 0 spiro atoms. The predicted octanol–water partition coefficient (Wildman–Crippen LogP) is 4.03. The summed E-state index contributed by atoms with van der Waals surface area (Å²) >= 11 is 0.